The van der Waals surface area contributed by atoms with Crippen molar-refractivity contribution in [2.75, 3.05) is 40.9 Å². The van der Waals surface area contributed by atoms with E-state index < -0.39 is 17.7 Å². The van der Waals surface area contributed by atoms with Crippen molar-refractivity contribution in [3.05, 3.63) is 63.3 Å². The van der Waals surface area contributed by atoms with Crippen molar-refractivity contribution < 1.29 is 24.2 Å². The molecule has 1 unspecified atom stereocenters. The van der Waals surface area contributed by atoms with Gasteiger partial charge in [0.25, 0.3) is 5.91 Å². The Morgan fingerprint density at radius 1 is 1.32 bits per heavy atom. The minimum absolute atomic E-state index is 0.0587. The van der Waals surface area contributed by atoms with Crippen LogP contribution in [0.2, 0.25) is 0 Å². The van der Waals surface area contributed by atoms with Crippen molar-refractivity contribution in [3.8, 4) is 11.5 Å². The highest BCUT2D eigenvalue weighted by atomic mass is 32.1. The highest BCUT2D eigenvalue weighted by molar-refractivity contribution is 7.14. The van der Waals surface area contributed by atoms with Crippen LogP contribution in [0.25, 0.3) is 0 Å². The van der Waals surface area contributed by atoms with E-state index in [0.29, 0.717) is 47.2 Å². The number of aliphatic hydroxyl groups excluding tert-OH is 1. The van der Waals surface area contributed by atoms with Gasteiger partial charge in [-0.15, -0.1) is 11.3 Å². The highest BCUT2D eigenvalue weighted by Crippen LogP contribution is 2.42. The second-order valence-electron chi connectivity index (χ2n) is 8.31. The average molecular weight is 486 g/mol. The summed E-state index contributed by atoms with van der Waals surface area (Å²) in [5.41, 5.74) is 1.28. The van der Waals surface area contributed by atoms with Gasteiger partial charge in [-0.3, -0.25) is 9.59 Å². The monoisotopic (exact) mass is 485 g/mol. The summed E-state index contributed by atoms with van der Waals surface area (Å²) < 4.78 is 11.2. The molecule has 0 aliphatic carbocycles. The smallest absolute Gasteiger partial charge is 0.290 e. The van der Waals surface area contributed by atoms with Crippen molar-refractivity contribution >= 4 is 23.0 Å². The molecule has 1 aliphatic rings. The molecular formula is C25H31N3O5S. The predicted molar refractivity (Wildman–Crippen MR) is 132 cm³/mol. The summed E-state index contributed by atoms with van der Waals surface area (Å²) in [6.07, 6.45) is 2.31. The predicted octanol–water partition coefficient (Wildman–Crippen LogP) is 3.86. The summed E-state index contributed by atoms with van der Waals surface area (Å²) in [5.74, 6) is -0.485. The number of carbonyl (C=O) groups is 2. The van der Waals surface area contributed by atoms with Crippen LogP contribution in [0.3, 0.4) is 0 Å². The van der Waals surface area contributed by atoms with E-state index in [2.05, 4.69) is 11.6 Å². The Labute approximate surface area is 204 Å². The van der Waals surface area contributed by atoms with E-state index in [9.17, 15) is 14.7 Å². The molecule has 2 aromatic rings. The van der Waals surface area contributed by atoms with Crippen LogP contribution >= 0.6 is 11.3 Å². The molecule has 0 fully saturated rings. The number of amides is 1. The summed E-state index contributed by atoms with van der Waals surface area (Å²) in [6.45, 7) is 8.67. The number of hydrogen-bond donors (Lipinski definition) is 1. The van der Waals surface area contributed by atoms with Crippen molar-refractivity contribution in [2.24, 2.45) is 0 Å². The van der Waals surface area contributed by atoms with Crippen LogP contribution in [0.5, 0.6) is 11.5 Å². The van der Waals surface area contributed by atoms with Gasteiger partial charge in [0.15, 0.2) is 17.3 Å². The van der Waals surface area contributed by atoms with E-state index in [1.54, 1.807) is 36.1 Å². The topological polar surface area (TPSA) is 92.2 Å². The van der Waals surface area contributed by atoms with E-state index >= 15 is 0 Å². The van der Waals surface area contributed by atoms with Crippen LogP contribution in [0, 0.1) is 13.8 Å². The second kappa shape index (κ2) is 10.8. The zero-order valence-electron chi connectivity index (χ0n) is 20.3. The van der Waals surface area contributed by atoms with Gasteiger partial charge in [0.05, 0.1) is 34.3 Å². The summed E-state index contributed by atoms with van der Waals surface area (Å²) >= 11 is 1.26. The Hall–Kier alpha value is -3.17. The Balaban J connectivity index is 2.08. The van der Waals surface area contributed by atoms with Gasteiger partial charge in [0, 0.05) is 6.54 Å². The van der Waals surface area contributed by atoms with Crippen molar-refractivity contribution in [2.45, 2.75) is 26.3 Å². The van der Waals surface area contributed by atoms with Crippen LogP contribution in [-0.4, -0.2) is 72.5 Å². The number of aliphatic hydroxyl groups is 1. The molecule has 3 rings (SSSR count). The lowest BCUT2D eigenvalue weighted by Crippen LogP contribution is -2.33. The van der Waals surface area contributed by atoms with Gasteiger partial charge in [0.2, 0.25) is 5.78 Å². The second-order valence-corrected chi connectivity index (χ2v) is 9.51. The molecule has 0 radical (unpaired) electrons. The summed E-state index contributed by atoms with van der Waals surface area (Å²) in [4.78, 5) is 35.1. The van der Waals surface area contributed by atoms with Crippen molar-refractivity contribution in [1.82, 2.24) is 14.8 Å². The number of hydrogen-bond acceptors (Lipinski definition) is 8. The van der Waals surface area contributed by atoms with E-state index in [1.165, 1.54) is 18.4 Å². The van der Waals surface area contributed by atoms with Crippen molar-refractivity contribution in [3.63, 3.8) is 0 Å². The molecule has 1 atom stereocenters. The number of methoxy groups -OCH3 is 1. The number of rotatable bonds is 11. The maximum atomic E-state index is 13.6. The molecule has 2 heterocycles. The van der Waals surface area contributed by atoms with E-state index in [4.69, 9.17) is 9.47 Å². The van der Waals surface area contributed by atoms with Gasteiger partial charge in [-0.25, -0.2) is 4.98 Å². The quantitative estimate of drug-likeness (QED) is 0.382. The largest absolute Gasteiger partial charge is 0.503 e. The number of Topliss-reactive ketones (excluding diaryl/α,β-unsaturated/α-hetero) is 1. The first-order valence-electron chi connectivity index (χ1n) is 11.0. The molecule has 0 spiro atoms. The minimum Gasteiger partial charge on any atom is -0.503 e. The molecule has 34 heavy (non-hydrogen) atoms. The van der Waals surface area contributed by atoms with Crippen LogP contribution < -0.4 is 9.47 Å². The average Bonchev–Trinajstić information content (AvgIpc) is 3.27. The molecular weight excluding hydrogens is 454 g/mol. The SMILES string of the molecule is C=CCOc1ccc(C2C(C(=O)c3sc(C)nc3C)=C(O)C(=O)N2CCCN(C)C)cc1OC. The third-order valence-electron chi connectivity index (χ3n) is 5.52. The molecule has 1 N–H and O–H groups in total. The Morgan fingerprint density at radius 3 is 2.65 bits per heavy atom. The lowest BCUT2D eigenvalue weighted by Gasteiger charge is -2.28. The zero-order valence-corrected chi connectivity index (χ0v) is 21.1. The van der Waals surface area contributed by atoms with Gasteiger partial charge >= 0.3 is 0 Å². The molecule has 0 saturated heterocycles. The number of carbonyl (C=O) groups excluding carboxylic acids is 2. The molecule has 182 valence electrons. The lowest BCUT2D eigenvalue weighted by molar-refractivity contribution is -0.129. The molecule has 0 bridgehead atoms. The maximum Gasteiger partial charge on any atom is 0.290 e. The first kappa shape index (κ1) is 25.5. The van der Waals surface area contributed by atoms with Gasteiger partial charge < -0.3 is 24.4 Å². The number of nitrogens with zero attached hydrogens (tertiary/aromatic N) is 3. The fraction of sp³-hybridized carbons (Fsp3) is 0.400. The molecule has 9 heteroatoms. The number of aryl methyl sites for hydroxylation is 2. The Kier molecular flexibility index (Phi) is 8.11. The number of thiazole rings is 1. The normalized spacial score (nSPS) is 15.9. The third kappa shape index (κ3) is 5.15. The zero-order chi connectivity index (χ0) is 25.0. The van der Waals surface area contributed by atoms with Crippen LogP contribution in [0.1, 0.15) is 38.4 Å². The highest BCUT2D eigenvalue weighted by Gasteiger charge is 2.44. The fourth-order valence-corrected chi connectivity index (χ4v) is 4.88. The molecule has 1 aliphatic heterocycles. The van der Waals surface area contributed by atoms with Gasteiger partial charge in [0.1, 0.15) is 6.61 Å². The van der Waals surface area contributed by atoms with Crippen molar-refractivity contribution in [1.29, 1.82) is 0 Å². The first-order chi connectivity index (χ1) is 16.2. The van der Waals surface area contributed by atoms with E-state index in [0.717, 1.165) is 11.6 Å². The standard InChI is InChI=1S/C25H31N3O5S/c1-7-13-33-18-10-9-17(14-19(18)32-6)21-20(22(29)24-15(2)26-16(3)34-24)23(30)25(31)28(21)12-8-11-27(4)5/h7,9-10,14,21,30H,1,8,11-13H2,2-6H3. The van der Waals surface area contributed by atoms with Crippen LogP contribution in [0.15, 0.2) is 42.2 Å². The van der Waals surface area contributed by atoms with E-state index in [-0.39, 0.29) is 11.4 Å². The summed E-state index contributed by atoms with van der Waals surface area (Å²) in [5, 5.41) is 11.6. The number of ketones is 1. The molecule has 0 saturated carbocycles. The van der Waals surface area contributed by atoms with Gasteiger partial charge in [-0.1, -0.05) is 18.7 Å². The first-order valence-corrected chi connectivity index (χ1v) is 11.8. The maximum absolute atomic E-state index is 13.6. The van der Waals surface area contributed by atoms with Crippen LogP contribution in [0.4, 0.5) is 0 Å². The minimum atomic E-state index is -0.758. The molecule has 1 aromatic carbocycles. The number of ether oxygens (including phenoxy) is 2. The summed E-state index contributed by atoms with van der Waals surface area (Å²) in [6, 6.07) is 4.51. The Morgan fingerprint density at radius 2 is 2.06 bits per heavy atom. The fourth-order valence-electron chi connectivity index (χ4n) is 4.01. The van der Waals surface area contributed by atoms with E-state index in [1.807, 2.05) is 25.9 Å². The number of aromatic nitrogens is 1. The van der Waals surface area contributed by atoms with Gasteiger partial charge in [-0.2, -0.15) is 0 Å². The Bertz CT molecular complexity index is 1120. The lowest BCUT2D eigenvalue weighted by atomic mass is 9.94. The summed E-state index contributed by atoms with van der Waals surface area (Å²) in [7, 11) is 5.43. The number of benzene rings is 1. The van der Waals surface area contributed by atoms with Crippen LogP contribution in [-0.2, 0) is 4.79 Å². The molecule has 1 amide bonds. The van der Waals surface area contributed by atoms with Gasteiger partial charge in [-0.05, 0) is 58.6 Å². The molecule has 8 nitrogen and oxygen atoms in total. The third-order valence-corrected chi connectivity index (χ3v) is 6.59. The molecule has 1 aromatic heterocycles.